The van der Waals surface area contributed by atoms with Crippen molar-refractivity contribution < 1.29 is 5.11 Å². The Bertz CT molecular complexity index is 318. The molecule has 1 unspecified atom stereocenters. The first-order valence-corrected chi connectivity index (χ1v) is 6.64. The number of rotatable bonds is 6. The van der Waals surface area contributed by atoms with Crippen LogP contribution in [0, 0.1) is 0 Å². The molecule has 0 amide bonds. The molecule has 17 heavy (non-hydrogen) atoms. The van der Waals surface area contributed by atoms with Crippen LogP contribution in [0.3, 0.4) is 0 Å². The Hall–Kier alpha value is -1.02. The quantitative estimate of drug-likeness (QED) is 0.806. The van der Waals surface area contributed by atoms with Gasteiger partial charge in [-0.3, -0.25) is 4.90 Å². The number of aromatic hydroxyl groups is 1. The number of hydrogen-bond donors (Lipinski definition) is 1. The number of benzene rings is 1. The molecule has 0 saturated carbocycles. The van der Waals surface area contributed by atoms with Crippen molar-refractivity contribution in [2.75, 3.05) is 6.54 Å². The highest BCUT2D eigenvalue weighted by atomic mass is 16.3. The molecule has 2 heteroatoms. The molecule has 0 heterocycles. The van der Waals surface area contributed by atoms with Gasteiger partial charge >= 0.3 is 0 Å². The summed E-state index contributed by atoms with van der Waals surface area (Å²) in [5, 5.41) is 9.35. The Morgan fingerprint density at radius 1 is 1.12 bits per heavy atom. The lowest BCUT2D eigenvalue weighted by Gasteiger charge is -2.34. The third-order valence-corrected chi connectivity index (χ3v) is 3.21. The van der Waals surface area contributed by atoms with Gasteiger partial charge in [-0.1, -0.05) is 26.0 Å². The van der Waals surface area contributed by atoms with Crippen molar-refractivity contribution in [3.05, 3.63) is 29.8 Å². The van der Waals surface area contributed by atoms with E-state index in [9.17, 15) is 5.11 Å². The first-order valence-electron chi connectivity index (χ1n) is 6.64. The zero-order valence-electron chi connectivity index (χ0n) is 11.5. The van der Waals surface area contributed by atoms with E-state index in [2.05, 4.69) is 32.6 Å². The van der Waals surface area contributed by atoms with Crippen molar-refractivity contribution in [3.63, 3.8) is 0 Å². The third-order valence-electron chi connectivity index (χ3n) is 3.21. The van der Waals surface area contributed by atoms with E-state index < -0.39 is 0 Å². The molecule has 0 radical (unpaired) electrons. The second-order valence-corrected chi connectivity index (χ2v) is 4.85. The van der Waals surface area contributed by atoms with Gasteiger partial charge in [-0.05, 0) is 50.9 Å². The molecule has 1 aromatic rings. The molecule has 0 aliphatic rings. The lowest BCUT2D eigenvalue weighted by atomic mass is 10.0. The third kappa shape index (κ3) is 3.74. The normalized spacial score (nSPS) is 13.3. The Labute approximate surface area is 105 Å². The molecule has 0 fully saturated rings. The average Bonchev–Trinajstić information content (AvgIpc) is 2.31. The van der Waals surface area contributed by atoms with E-state index in [1.807, 2.05) is 12.1 Å². The van der Waals surface area contributed by atoms with Crippen molar-refractivity contribution in [1.29, 1.82) is 0 Å². The molecule has 1 atom stereocenters. The van der Waals surface area contributed by atoms with E-state index in [-0.39, 0.29) is 0 Å². The van der Waals surface area contributed by atoms with Gasteiger partial charge in [0.25, 0.3) is 0 Å². The smallest absolute Gasteiger partial charge is 0.115 e. The maximum atomic E-state index is 9.35. The Kier molecular flexibility index (Phi) is 5.49. The fourth-order valence-corrected chi connectivity index (χ4v) is 2.39. The number of hydrogen-bond acceptors (Lipinski definition) is 2. The number of nitrogens with zero attached hydrogens (tertiary/aromatic N) is 1. The summed E-state index contributed by atoms with van der Waals surface area (Å²) < 4.78 is 0. The SMILES string of the molecule is CCCN(C(C)C)C(CC)c1ccc(O)cc1. The van der Waals surface area contributed by atoms with Gasteiger partial charge in [0, 0.05) is 12.1 Å². The van der Waals surface area contributed by atoms with Crippen molar-refractivity contribution in [3.8, 4) is 5.75 Å². The lowest BCUT2D eigenvalue weighted by Crippen LogP contribution is -2.35. The maximum Gasteiger partial charge on any atom is 0.115 e. The van der Waals surface area contributed by atoms with Crippen LogP contribution in [0.25, 0.3) is 0 Å². The maximum absolute atomic E-state index is 9.35. The monoisotopic (exact) mass is 235 g/mol. The van der Waals surface area contributed by atoms with Crippen molar-refractivity contribution in [1.82, 2.24) is 4.90 Å². The fourth-order valence-electron chi connectivity index (χ4n) is 2.39. The summed E-state index contributed by atoms with van der Waals surface area (Å²) in [5.41, 5.74) is 1.30. The Balaban J connectivity index is 2.91. The molecule has 0 aliphatic heterocycles. The van der Waals surface area contributed by atoms with Crippen LogP contribution in [0.5, 0.6) is 5.75 Å². The van der Waals surface area contributed by atoms with Crippen LogP contribution >= 0.6 is 0 Å². The van der Waals surface area contributed by atoms with E-state index in [4.69, 9.17) is 0 Å². The number of phenolic OH excluding ortho intramolecular Hbond substituents is 1. The molecule has 0 aromatic heterocycles. The van der Waals surface area contributed by atoms with Crippen molar-refractivity contribution in [2.24, 2.45) is 0 Å². The number of phenols is 1. The molecule has 0 bridgehead atoms. The molecule has 1 N–H and O–H groups in total. The summed E-state index contributed by atoms with van der Waals surface area (Å²) in [7, 11) is 0. The summed E-state index contributed by atoms with van der Waals surface area (Å²) in [4.78, 5) is 2.53. The predicted molar refractivity (Wildman–Crippen MR) is 73.3 cm³/mol. The molecule has 96 valence electrons. The first kappa shape index (κ1) is 14.0. The lowest BCUT2D eigenvalue weighted by molar-refractivity contribution is 0.149. The van der Waals surface area contributed by atoms with Crippen LogP contribution in [-0.4, -0.2) is 22.6 Å². The van der Waals surface area contributed by atoms with Gasteiger partial charge in [0.2, 0.25) is 0 Å². The van der Waals surface area contributed by atoms with E-state index >= 15 is 0 Å². The zero-order chi connectivity index (χ0) is 12.8. The minimum Gasteiger partial charge on any atom is -0.508 e. The Morgan fingerprint density at radius 3 is 2.12 bits per heavy atom. The molecule has 0 aliphatic carbocycles. The summed E-state index contributed by atoms with van der Waals surface area (Å²) >= 11 is 0. The first-order chi connectivity index (χ1) is 8.10. The molecule has 1 rings (SSSR count). The van der Waals surface area contributed by atoms with Crippen LogP contribution in [0.1, 0.15) is 52.1 Å². The minimum atomic E-state index is 0.343. The van der Waals surface area contributed by atoms with Crippen LogP contribution in [0.4, 0.5) is 0 Å². The second kappa shape index (κ2) is 6.65. The van der Waals surface area contributed by atoms with Gasteiger partial charge in [0.15, 0.2) is 0 Å². The topological polar surface area (TPSA) is 23.5 Å². The zero-order valence-corrected chi connectivity index (χ0v) is 11.5. The van der Waals surface area contributed by atoms with Gasteiger partial charge in [-0.15, -0.1) is 0 Å². The highest BCUT2D eigenvalue weighted by Gasteiger charge is 2.20. The van der Waals surface area contributed by atoms with Gasteiger partial charge in [-0.25, -0.2) is 0 Å². The molecular formula is C15H25NO. The summed E-state index contributed by atoms with van der Waals surface area (Å²) in [6.07, 6.45) is 2.27. The van der Waals surface area contributed by atoms with Crippen molar-refractivity contribution in [2.45, 2.75) is 52.6 Å². The van der Waals surface area contributed by atoms with E-state index in [0.29, 0.717) is 17.8 Å². The molecule has 2 nitrogen and oxygen atoms in total. The summed E-state index contributed by atoms with van der Waals surface area (Å²) in [6, 6.07) is 8.64. The second-order valence-electron chi connectivity index (χ2n) is 4.85. The highest BCUT2D eigenvalue weighted by molar-refractivity contribution is 5.28. The van der Waals surface area contributed by atoms with Gasteiger partial charge in [0.05, 0.1) is 0 Å². The van der Waals surface area contributed by atoms with Crippen LogP contribution in [-0.2, 0) is 0 Å². The van der Waals surface area contributed by atoms with E-state index in [0.717, 1.165) is 13.0 Å². The fraction of sp³-hybridized carbons (Fsp3) is 0.600. The molecular weight excluding hydrogens is 210 g/mol. The average molecular weight is 235 g/mol. The minimum absolute atomic E-state index is 0.343. The van der Waals surface area contributed by atoms with Crippen LogP contribution in [0.2, 0.25) is 0 Å². The van der Waals surface area contributed by atoms with Gasteiger partial charge in [-0.2, -0.15) is 0 Å². The molecule has 0 saturated heterocycles. The van der Waals surface area contributed by atoms with Crippen molar-refractivity contribution >= 4 is 0 Å². The largest absolute Gasteiger partial charge is 0.508 e. The Morgan fingerprint density at radius 2 is 1.71 bits per heavy atom. The standard InChI is InChI=1S/C15H25NO/c1-5-11-16(12(3)4)15(6-2)13-7-9-14(17)10-8-13/h7-10,12,15,17H,5-6,11H2,1-4H3. The van der Waals surface area contributed by atoms with Gasteiger partial charge in [0.1, 0.15) is 5.75 Å². The predicted octanol–water partition coefficient (Wildman–Crippen LogP) is 3.96. The summed E-state index contributed by atoms with van der Waals surface area (Å²) in [6.45, 7) is 10.1. The van der Waals surface area contributed by atoms with Crippen LogP contribution in [0.15, 0.2) is 24.3 Å². The highest BCUT2D eigenvalue weighted by Crippen LogP contribution is 2.27. The molecule has 1 aromatic carbocycles. The van der Waals surface area contributed by atoms with Crippen LogP contribution < -0.4 is 0 Å². The molecule has 0 spiro atoms. The van der Waals surface area contributed by atoms with Gasteiger partial charge < -0.3 is 5.11 Å². The van der Waals surface area contributed by atoms with E-state index in [1.165, 1.54) is 12.0 Å². The van der Waals surface area contributed by atoms with E-state index in [1.54, 1.807) is 12.1 Å². The summed E-state index contributed by atoms with van der Waals surface area (Å²) in [5.74, 6) is 0.343.